The van der Waals surface area contributed by atoms with Gasteiger partial charge in [0.15, 0.2) is 0 Å². The molecule has 0 aliphatic heterocycles. The normalized spacial score (nSPS) is 11.3. The monoisotopic (exact) mass is 417 g/mol. The highest BCUT2D eigenvalue weighted by Gasteiger charge is 2.28. The minimum Gasteiger partial charge on any atom is -0.497 e. The second-order valence-corrected chi connectivity index (χ2v) is 8.53. The van der Waals surface area contributed by atoms with Crippen molar-refractivity contribution in [3.63, 3.8) is 0 Å². The zero-order valence-corrected chi connectivity index (χ0v) is 17.1. The van der Waals surface area contributed by atoms with Gasteiger partial charge in [-0.2, -0.15) is 0 Å². The predicted octanol–water partition coefficient (Wildman–Crippen LogP) is 4.99. The molecule has 0 saturated carbocycles. The van der Waals surface area contributed by atoms with Crippen molar-refractivity contribution >= 4 is 15.7 Å². The number of sulfonamides is 1. The van der Waals surface area contributed by atoms with Gasteiger partial charge in [0, 0.05) is 0 Å². The first-order valence-electron chi connectivity index (χ1n) is 8.90. The van der Waals surface area contributed by atoms with E-state index >= 15 is 0 Å². The molecule has 0 aromatic heterocycles. The van der Waals surface area contributed by atoms with Crippen molar-refractivity contribution in [2.24, 2.45) is 0 Å². The Balaban J connectivity index is 2.12. The predicted molar refractivity (Wildman–Crippen MR) is 109 cm³/mol. The highest BCUT2D eigenvalue weighted by molar-refractivity contribution is 7.92. The van der Waals surface area contributed by atoms with Crippen LogP contribution < -0.4 is 9.04 Å². The Kier molecular flexibility index (Phi) is 5.88. The molecule has 0 amide bonds. The quantitative estimate of drug-likeness (QED) is 0.568. The van der Waals surface area contributed by atoms with Crippen molar-refractivity contribution in [2.45, 2.75) is 25.3 Å². The smallest absolute Gasteiger partial charge is 0.264 e. The van der Waals surface area contributed by atoms with Crippen LogP contribution in [0.2, 0.25) is 0 Å². The molecule has 4 nitrogen and oxygen atoms in total. The summed E-state index contributed by atoms with van der Waals surface area (Å²) in [6.07, 6.45) is 0. The molecule has 3 aromatic rings. The van der Waals surface area contributed by atoms with Gasteiger partial charge in [-0.05, 0) is 66.9 Å². The molecule has 0 saturated heterocycles. The minimum absolute atomic E-state index is 0.0508. The third kappa shape index (κ3) is 4.40. The lowest BCUT2D eigenvalue weighted by molar-refractivity contribution is 0.414. The molecule has 0 radical (unpaired) electrons. The third-order valence-corrected chi connectivity index (χ3v) is 6.56. The number of nitrogens with zero attached hydrogens (tertiary/aromatic N) is 1. The third-order valence-electron chi connectivity index (χ3n) is 4.65. The van der Waals surface area contributed by atoms with Crippen LogP contribution in [-0.4, -0.2) is 15.5 Å². The molecule has 0 aliphatic carbocycles. The molecule has 0 unspecified atom stereocenters. The Bertz CT molecular complexity index is 1130. The van der Waals surface area contributed by atoms with Gasteiger partial charge < -0.3 is 4.74 Å². The molecule has 0 heterocycles. The molecule has 0 N–H and O–H groups in total. The molecule has 0 fully saturated rings. The molecule has 0 aliphatic rings. The Morgan fingerprint density at radius 3 is 2.17 bits per heavy atom. The average Bonchev–Trinajstić information content (AvgIpc) is 2.70. The van der Waals surface area contributed by atoms with Gasteiger partial charge in [0.2, 0.25) is 0 Å². The molecule has 3 aromatic carbocycles. The van der Waals surface area contributed by atoms with Crippen molar-refractivity contribution in [2.75, 3.05) is 11.4 Å². The summed E-state index contributed by atoms with van der Waals surface area (Å²) in [4.78, 5) is -0.160. The first-order chi connectivity index (χ1) is 13.7. The summed E-state index contributed by atoms with van der Waals surface area (Å²) < 4.78 is 61.1. The molecular formula is C22H21F2NO3S. The maximum absolute atomic E-state index is 14.2. The highest BCUT2D eigenvalue weighted by atomic mass is 32.2. The standard InChI is InChI=1S/C22H21F2NO3S/c1-15-5-9-19(13-21(15)24)25(14-17-6-10-20(28-3)11-7-17)29(26,27)22-12-18(23)8-4-16(22)2/h4-13H,14H2,1-3H3. The molecule has 0 spiro atoms. The fourth-order valence-electron chi connectivity index (χ4n) is 2.92. The molecular weight excluding hydrogens is 396 g/mol. The molecule has 0 bridgehead atoms. The zero-order chi connectivity index (χ0) is 21.2. The van der Waals surface area contributed by atoms with Crippen molar-refractivity contribution in [1.82, 2.24) is 0 Å². The van der Waals surface area contributed by atoms with E-state index in [1.54, 1.807) is 38.1 Å². The van der Waals surface area contributed by atoms with E-state index in [4.69, 9.17) is 4.74 Å². The van der Waals surface area contributed by atoms with Gasteiger partial charge in [0.1, 0.15) is 17.4 Å². The van der Waals surface area contributed by atoms with E-state index in [0.29, 0.717) is 22.4 Å². The van der Waals surface area contributed by atoms with E-state index in [2.05, 4.69) is 0 Å². The van der Waals surface area contributed by atoms with Crippen LogP contribution in [0.5, 0.6) is 5.75 Å². The van der Waals surface area contributed by atoms with E-state index in [1.807, 2.05) is 0 Å². The number of ether oxygens (including phenoxy) is 1. The Morgan fingerprint density at radius 1 is 0.897 bits per heavy atom. The summed E-state index contributed by atoms with van der Waals surface area (Å²) in [5, 5.41) is 0. The van der Waals surface area contributed by atoms with E-state index in [1.165, 1.54) is 37.4 Å². The van der Waals surface area contributed by atoms with Crippen molar-refractivity contribution in [3.8, 4) is 5.75 Å². The topological polar surface area (TPSA) is 46.6 Å². The summed E-state index contributed by atoms with van der Waals surface area (Å²) in [5.74, 6) is -0.549. The summed E-state index contributed by atoms with van der Waals surface area (Å²) in [5.41, 5.74) is 1.63. The van der Waals surface area contributed by atoms with Gasteiger partial charge in [-0.15, -0.1) is 0 Å². The van der Waals surface area contributed by atoms with Gasteiger partial charge in [-0.25, -0.2) is 17.2 Å². The van der Waals surface area contributed by atoms with Gasteiger partial charge in [-0.1, -0.05) is 24.3 Å². The number of benzene rings is 3. The second kappa shape index (κ2) is 8.21. The molecule has 3 rings (SSSR count). The van der Waals surface area contributed by atoms with Gasteiger partial charge in [0.25, 0.3) is 10.0 Å². The van der Waals surface area contributed by atoms with Gasteiger partial charge in [-0.3, -0.25) is 4.31 Å². The number of rotatable bonds is 6. The van der Waals surface area contributed by atoms with Gasteiger partial charge in [0.05, 0.1) is 24.2 Å². The second-order valence-electron chi connectivity index (χ2n) is 6.70. The zero-order valence-electron chi connectivity index (χ0n) is 16.3. The Hall–Kier alpha value is -2.93. The van der Waals surface area contributed by atoms with E-state index in [0.717, 1.165) is 10.4 Å². The first kappa shape index (κ1) is 20.8. The maximum Gasteiger partial charge on any atom is 0.264 e. The van der Waals surface area contributed by atoms with Crippen molar-refractivity contribution in [3.05, 3.63) is 89.0 Å². The van der Waals surface area contributed by atoms with Crippen LogP contribution in [0.15, 0.2) is 65.6 Å². The largest absolute Gasteiger partial charge is 0.497 e. The number of hydrogen-bond donors (Lipinski definition) is 0. The number of anilines is 1. The molecule has 152 valence electrons. The average molecular weight is 417 g/mol. The number of aryl methyl sites for hydroxylation is 2. The van der Waals surface area contributed by atoms with Crippen LogP contribution in [0.1, 0.15) is 16.7 Å². The molecule has 7 heteroatoms. The van der Waals surface area contributed by atoms with Crippen LogP contribution in [0.25, 0.3) is 0 Å². The fraction of sp³-hybridized carbons (Fsp3) is 0.182. The van der Waals surface area contributed by atoms with Crippen molar-refractivity contribution in [1.29, 1.82) is 0 Å². The number of methoxy groups -OCH3 is 1. The van der Waals surface area contributed by atoms with Gasteiger partial charge >= 0.3 is 0 Å². The molecule has 29 heavy (non-hydrogen) atoms. The lowest BCUT2D eigenvalue weighted by Gasteiger charge is -2.26. The van der Waals surface area contributed by atoms with Crippen LogP contribution in [0.3, 0.4) is 0 Å². The van der Waals surface area contributed by atoms with Crippen LogP contribution in [0.4, 0.5) is 14.5 Å². The summed E-state index contributed by atoms with van der Waals surface area (Å²) in [6.45, 7) is 3.14. The van der Waals surface area contributed by atoms with Crippen molar-refractivity contribution < 1.29 is 21.9 Å². The summed E-state index contributed by atoms with van der Waals surface area (Å²) >= 11 is 0. The maximum atomic E-state index is 14.2. The van der Waals surface area contributed by atoms with E-state index in [9.17, 15) is 17.2 Å². The Labute approximate surface area is 169 Å². The number of halogens is 2. The fourth-order valence-corrected chi connectivity index (χ4v) is 4.60. The minimum atomic E-state index is -4.16. The molecule has 0 atom stereocenters. The van der Waals surface area contributed by atoms with E-state index < -0.39 is 21.7 Å². The first-order valence-corrected chi connectivity index (χ1v) is 10.3. The van der Waals surface area contributed by atoms with Crippen LogP contribution >= 0.6 is 0 Å². The Morgan fingerprint density at radius 2 is 1.55 bits per heavy atom. The van der Waals surface area contributed by atoms with Crippen LogP contribution in [0, 0.1) is 25.5 Å². The lowest BCUT2D eigenvalue weighted by Crippen LogP contribution is -2.31. The van der Waals surface area contributed by atoms with Crippen LogP contribution in [-0.2, 0) is 16.6 Å². The van der Waals surface area contributed by atoms with E-state index in [-0.39, 0.29) is 17.1 Å². The SMILES string of the molecule is COc1ccc(CN(c2ccc(C)c(F)c2)S(=O)(=O)c2cc(F)ccc2C)cc1. The summed E-state index contributed by atoms with van der Waals surface area (Å²) in [7, 11) is -2.62. The lowest BCUT2D eigenvalue weighted by atomic mass is 10.2. The number of hydrogen-bond acceptors (Lipinski definition) is 3. The summed E-state index contributed by atoms with van der Waals surface area (Å²) in [6, 6.07) is 14.7. The highest BCUT2D eigenvalue weighted by Crippen LogP contribution is 2.29.